The molecule has 1 unspecified atom stereocenters. The molecular weight excluding hydrogens is 266 g/mol. The third kappa shape index (κ3) is 1.93. The highest BCUT2D eigenvalue weighted by Crippen LogP contribution is 2.41. The van der Waals surface area contributed by atoms with Crippen molar-refractivity contribution in [2.75, 3.05) is 4.90 Å². The van der Waals surface area contributed by atoms with Crippen molar-refractivity contribution in [2.24, 2.45) is 5.92 Å². The van der Waals surface area contributed by atoms with Gasteiger partial charge >= 0.3 is 0 Å². The van der Waals surface area contributed by atoms with E-state index in [1.54, 1.807) is 0 Å². The average molecular weight is 287 g/mol. The molecule has 4 rings (SSSR count). The number of benzene rings is 2. The summed E-state index contributed by atoms with van der Waals surface area (Å²) < 4.78 is 0. The van der Waals surface area contributed by atoms with Gasteiger partial charge in [0.25, 0.3) is 0 Å². The molecule has 22 heavy (non-hydrogen) atoms. The zero-order valence-corrected chi connectivity index (χ0v) is 13.4. The molecule has 1 aliphatic carbocycles. The van der Waals surface area contributed by atoms with Gasteiger partial charge in [-0.05, 0) is 47.6 Å². The molecule has 1 heterocycles. The molecule has 1 aliphatic heterocycles. The smallest absolute Gasteiger partial charge is 0.0503 e. The van der Waals surface area contributed by atoms with Crippen molar-refractivity contribution in [3.63, 3.8) is 0 Å². The van der Waals surface area contributed by atoms with Crippen LogP contribution in [0, 0.1) is 5.92 Å². The summed E-state index contributed by atoms with van der Waals surface area (Å²) in [5, 5.41) is 2.63. The average Bonchev–Trinajstić information content (AvgIpc) is 3.03. The van der Waals surface area contributed by atoms with Gasteiger partial charge in [0.2, 0.25) is 0 Å². The molecule has 0 saturated heterocycles. The minimum Gasteiger partial charge on any atom is -0.334 e. The maximum Gasteiger partial charge on any atom is 0.0503 e. The first-order valence-electron chi connectivity index (χ1n) is 8.07. The van der Waals surface area contributed by atoms with E-state index in [-0.39, 0.29) is 0 Å². The second-order valence-electron chi connectivity index (χ2n) is 6.56. The molecule has 1 heteroatoms. The van der Waals surface area contributed by atoms with Crippen LogP contribution in [0.3, 0.4) is 0 Å². The van der Waals surface area contributed by atoms with Crippen molar-refractivity contribution in [2.45, 2.75) is 26.8 Å². The third-order valence-corrected chi connectivity index (χ3v) is 4.70. The van der Waals surface area contributed by atoms with Gasteiger partial charge in [0.05, 0.1) is 6.04 Å². The van der Waals surface area contributed by atoms with Crippen molar-refractivity contribution in [3.8, 4) is 0 Å². The predicted molar refractivity (Wildman–Crippen MR) is 95.0 cm³/mol. The number of anilines is 1. The largest absolute Gasteiger partial charge is 0.334 e. The van der Waals surface area contributed by atoms with Gasteiger partial charge in [-0.15, -0.1) is 0 Å². The Morgan fingerprint density at radius 2 is 1.73 bits per heavy atom. The Hall–Kier alpha value is -2.28. The highest BCUT2D eigenvalue weighted by Gasteiger charge is 2.30. The molecule has 0 aromatic heterocycles. The van der Waals surface area contributed by atoms with Crippen LogP contribution >= 0.6 is 0 Å². The molecule has 0 N–H and O–H groups in total. The molecule has 1 atom stereocenters. The van der Waals surface area contributed by atoms with Crippen LogP contribution in [0.25, 0.3) is 10.8 Å². The predicted octanol–water partition coefficient (Wildman–Crippen LogP) is 5.45. The minimum absolute atomic E-state index is 0.400. The fourth-order valence-corrected chi connectivity index (χ4v) is 3.53. The Bertz CT molecular complexity index is 831. The summed E-state index contributed by atoms with van der Waals surface area (Å²) in [4.78, 5) is 2.48. The number of hydrogen-bond acceptors (Lipinski definition) is 1. The monoisotopic (exact) mass is 287 g/mol. The SMILES string of the molecule is CC(C)C1=CC2=CC(C)N(c3cccc4ccccc34)C2=C1. The summed E-state index contributed by atoms with van der Waals surface area (Å²) in [5.41, 5.74) is 5.47. The number of fused-ring (bicyclic) bond motifs is 2. The van der Waals surface area contributed by atoms with Gasteiger partial charge in [-0.2, -0.15) is 0 Å². The van der Waals surface area contributed by atoms with Gasteiger partial charge in [-0.25, -0.2) is 0 Å². The quantitative estimate of drug-likeness (QED) is 0.709. The molecule has 2 aliphatic rings. The topological polar surface area (TPSA) is 3.24 Å². The fraction of sp³-hybridized carbons (Fsp3) is 0.238. The van der Waals surface area contributed by atoms with E-state index in [1.165, 1.54) is 33.3 Å². The number of rotatable bonds is 2. The Kier molecular flexibility index (Phi) is 2.97. The molecule has 2 aromatic rings. The first-order chi connectivity index (χ1) is 10.6. The van der Waals surface area contributed by atoms with E-state index in [4.69, 9.17) is 0 Å². The van der Waals surface area contributed by atoms with E-state index in [9.17, 15) is 0 Å². The number of hydrogen-bond donors (Lipinski definition) is 0. The molecule has 0 amide bonds. The lowest BCUT2D eigenvalue weighted by molar-refractivity contribution is 0.790. The molecule has 0 bridgehead atoms. The van der Waals surface area contributed by atoms with Crippen LogP contribution < -0.4 is 4.90 Å². The van der Waals surface area contributed by atoms with Gasteiger partial charge < -0.3 is 4.90 Å². The normalized spacial score (nSPS) is 20.3. The van der Waals surface area contributed by atoms with E-state index in [0.717, 1.165) is 0 Å². The Balaban J connectivity index is 1.85. The molecule has 0 fully saturated rings. The molecule has 0 radical (unpaired) electrons. The number of nitrogens with zero attached hydrogens (tertiary/aromatic N) is 1. The van der Waals surface area contributed by atoms with Crippen LogP contribution in [0.2, 0.25) is 0 Å². The van der Waals surface area contributed by atoms with Crippen molar-refractivity contribution >= 4 is 16.5 Å². The first kappa shape index (κ1) is 13.4. The molecule has 2 aromatic carbocycles. The van der Waals surface area contributed by atoms with E-state index in [0.29, 0.717) is 12.0 Å². The summed E-state index contributed by atoms with van der Waals surface area (Å²) in [6.07, 6.45) is 7.09. The third-order valence-electron chi connectivity index (χ3n) is 4.70. The van der Waals surface area contributed by atoms with E-state index in [2.05, 4.69) is 86.4 Å². The molecule has 110 valence electrons. The second kappa shape index (κ2) is 4.88. The standard InChI is InChI=1S/C21H21N/c1-14(2)17-12-18-11-15(3)22(21(18)13-17)20-10-6-8-16-7-4-5-9-19(16)20/h4-15H,1-3H3. The summed E-state index contributed by atoms with van der Waals surface area (Å²) >= 11 is 0. The summed E-state index contributed by atoms with van der Waals surface area (Å²) in [7, 11) is 0. The van der Waals surface area contributed by atoms with Crippen LogP contribution in [0.1, 0.15) is 20.8 Å². The molecule has 0 spiro atoms. The van der Waals surface area contributed by atoms with Crippen molar-refractivity contribution < 1.29 is 0 Å². The van der Waals surface area contributed by atoms with E-state index < -0.39 is 0 Å². The Morgan fingerprint density at radius 1 is 0.955 bits per heavy atom. The van der Waals surface area contributed by atoms with Crippen LogP contribution in [-0.4, -0.2) is 6.04 Å². The van der Waals surface area contributed by atoms with Crippen LogP contribution in [0.4, 0.5) is 5.69 Å². The van der Waals surface area contributed by atoms with Crippen LogP contribution in [0.5, 0.6) is 0 Å². The highest BCUT2D eigenvalue weighted by atomic mass is 15.2. The van der Waals surface area contributed by atoms with Gasteiger partial charge in [-0.1, -0.05) is 56.3 Å². The summed E-state index contributed by atoms with van der Waals surface area (Å²) in [6, 6.07) is 15.6. The maximum atomic E-state index is 2.48. The van der Waals surface area contributed by atoms with Crippen LogP contribution in [0.15, 0.2) is 77.5 Å². The zero-order chi connectivity index (χ0) is 15.3. The molecule has 1 nitrogen and oxygen atoms in total. The molecule has 0 saturated carbocycles. The van der Waals surface area contributed by atoms with Gasteiger partial charge in [0, 0.05) is 16.8 Å². The second-order valence-corrected chi connectivity index (χ2v) is 6.56. The minimum atomic E-state index is 0.400. The van der Waals surface area contributed by atoms with E-state index in [1.807, 2.05) is 0 Å². The maximum absolute atomic E-state index is 2.48. The highest BCUT2D eigenvalue weighted by molar-refractivity contribution is 5.96. The number of allylic oxidation sites excluding steroid dienone is 3. The lowest BCUT2D eigenvalue weighted by Crippen LogP contribution is -2.26. The van der Waals surface area contributed by atoms with E-state index >= 15 is 0 Å². The summed E-state index contributed by atoms with van der Waals surface area (Å²) in [5.74, 6) is 0.573. The van der Waals surface area contributed by atoms with Crippen molar-refractivity contribution in [3.05, 3.63) is 77.5 Å². The Morgan fingerprint density at radius 3 is 2.55 bits per heavy atom. The lowest BCUT2D eigenvalue weighted by Gasteiger charge is -2.27. The van der Waals surface area contributed by atoms with Gasteiger partial charge in [0.15, 0.2) is 0 Å². The van der Waals surface area contributed by atoms with Gasteiger partial charge in [-0.3, -0.25) is 0 Å². The zero-order valence-electron chi connectivity index (χ0n) is 13.4. The fourth-order valence-electron chi connectivity index (χ4n) is 3.53. The van der Waals surface area contributed by atoms with Crippen molar-refractivity contribution in [1.29, 1.82) is 0 Å². The summed E-state index contributed by atoms with van der Waals surface area (Å²) in [6.45, 7) is 6.79. The van der Waals surface area contributed by atoms with Gasteiger partial charge in [0.1, 0.15) is 0 Å². The van der Waals surface area contributed by atoms with Crippen molar-refractivity contribution in [1.82, 2.24) is 0 Å². The van der Waals surface area contributed by atoms with Crippen LogP contribution in [-0.2, 0) is 0 Å². The molecular formula is C21H21N. The first-order valence-corrected chi connectivity index (χ1v) is 8.07. The lowest BCUT2D eigenvalue weighted by atomic mass is 10.0. The Labute approximate surface area is 132 Å².